The summed E-state index contributed by atoms with van der Waals surface area (Å²) < 4.78 is 19.0. The summed E-state index contributed by atoms with van der Waals surface area (Å²) in [7, 11) is 0. The molecule has 7 nitrogen and oxygen atoms in total. The van der Waals surface area contributed by atoms with Crippen molar-refractivity contribution in [2.24, 2.45) is 5.92 Å². The summed E-state index contributed by atoms with van der Waals surface area (Å²) in [6.45, 7) is 2.72. The highest BCUT2D eigenvalue weighted by Gasteiger charge is 2.53. The van der Waals surface area contributed by atoms with E-state index in [1.807, 2.05) is 4.90 Å². The van der Waals surface area contributed by atoms with E-state index in [9.17, 15) is 9.18 Å². The first kappa shape index (κ1) is 16.8. The van der Waals surface area contributed by atoms with Crippen LogP contribution in [0.25, 0.3) is 0 Å². The van der Waals surface area contributed by atoms with Crippen molar-refractivity contribution in [1.29, 1.82) is 0 Å². The van der Waals surface area contributed by atoms with Crippen LogP contribution in [0.5, 0.6) is 0 Å². The SMILES string of the molecule is O=C(NCCC1CCOC12CN(c1ncc(F)cn1)C2)c1ccncc1. The maximum atomic E-state index is 12.9. The number of carbonyl (C=O) groups excluding carboxylic acids is 1. The van der Waals surface area contributed by atoms with E-state index in [0.29, 0.717) is 37.1 Å². The average molecular weight is 357 g/mol. The van der Waals surface area contributed by atoms with Crippen molar-refractivity contribution in [3.8, 4) is 0 Å². The molecule has 136 valence electrons. The Kier molecular flexibility index (Phi) is 4.50. The van der Waals surface area contributed by atoms with Gasteiger partial charge in [-0.1, -0.05) is 0 Å². The number of hydrogen-bond donors (Lipinski definition) is 1. The predicted octanol–water partition coefficient (Wildman–Crippen LogP) is 1.43. The number of hydrogen-bond acceptors (Lipinski definition) is 6. The summed E-state index contributed by atoms with van der Waals surface area (Å²) in [5, 5.41) is 2.96. The zero-order valence-electron chi connectivity index (χ0n) is 14.3. The Morgan fingerprint density at radius 2 is 2.04 bits per heavy atom. The van der Waals surface area contributed by atoms with Gasteiger partial charge in [-0.15, -0.1) is 0 Å². The Labute approximate surface area is 150 Å². The molecule has 0 saturated carbocycles. The normalized spacial score (nSPS) is 20.8. The highest BCUT2D eigenvalue weighted by Crippen LogP contribution is 2.42. The molecule has 1 amide bonds. The number of pyridine rings is 1. The molecule has 1 atom stereocenters. The standard InChI is InChI=1S/C18H20FN5O2/c19-15-9-22-17(23-10-15)24-11-18(12-24)14(4-8-26-18)3-7-21-16(25)13-1-5-20-6-2-13/h1-2,5-6,9-10,14H,3-4,7-8,11-12H2,(H,21,25). The molecule has 2 aromatic heterocycles. The number of amides is 1. The van der Waals surface area contributed by atoms with Gasteiger partial charge in [0.1, 0.15) is 5.60 Å². The van der Waals surface area contributed by atoms with E-state index in [-0.39, 0.29) is 11.5 Å². The highest BCUT2D eigenvalue weighted by atomic mass is 19.1. The number of halogens is 1. The molecule has 2 aliphatic heterocycles. The number of nitrogens with one attached hydrogen (secondary N) is 1. The largest absolute Gasteiger partial charge is 0.371 e. The Morgan fingerprint density at radius 1 is 1.31 bits per heavy atom. The lowest BCUT2D eigenvalue weighted by atomic mass is 9.79. The van der Waals surface area contributed by atoms with Gasteiger partial charge in [-0.3, -0.25) is 9.78 Å². The molecule has 2 fully saturated rings. The summed E-state index contributed by atoms with van der Waals surface area (Å²) in [5.41, 5.74) is 0.403. The van der Waals surface area contributed by atoms with Gasteiger partial charge in [0.05, 0.1) is 25.5 Å². The van der Waals surface area contributed by atoms with E-state index in [1.165, 1.54) is 12.4 Å². The molecule has 1 N–H and O–H groups in total. The number of aromatic nitrogens is 3. The lowest BCUT2D eigenvalue weighted by Crippen LogP contribution is -2.65. The summed E-state index contributed by atoms with van der Waals surface area (Å²) >= 11 is 0. The van der Waals surface area contributed by atoms with Crippen molar-refractivity contribution in [2.75, 3.05) is 31.1 Å². The molecule has 0 bridgehead atoms. The Morgan fingerprint density at radius 3 is 2.77 bits per heavy atom. The van der Waals surface area contributed by atoms with Gasteiger partial charge >= 0.3 is 0 Å². The molecule has 0 radical (unpaired) electrons. The first-order chi connectivity index (χ1) is 12.7. The maximum Gasteiger partial charge on any atom is 0.251 e. The lowest BCUT2D eigenvalue weighted by molar-refractivity contribution is -0.0459. The fourth-order valence-corrected chi connectivity index (χ4v) is 3.72. The van der Waals surface area contributed by atoms with Crippen LogP contribution in [0.3, 0.4) is 0 Å². The number of rotatable bonds is 5. The fraction of sp³-hybridized carbons (Fsp3) is 0.444. The molecular formula is C18H20FN5O2. The molecule has 0 aromatic carbocycles. The second-order valence-corrected chi connectivity index (χ2v) is 6.74. The molecule has 2 aliphatic rings. The van der Waals surface area contributed by atoms with Gasteiger partial charge in [0.2, 0.25) is 5.95 Å². The first-order valence-corrected chi connectivity index (χ1v) is 8.71. The van der Waals surface area contributed by atoms with E-state index in [4.69, 9.17) is 4.74 Å². The fourth-order valence-electron chi connectivity index (χ4n) is 3.72. The van der Waals surface area contributed by atoms with Gasteiger partial charge in [-0.25, -0.2) is 14.4 Å². The molecule has 2 aromatic rings. The van der Waals surface area contributed by atoms with Crippen LogP contribution >= 0.6 is 0 Å². The van der Waals surface area contributed by atoms with Gasteiger partial charge < -0.3 is 15.0 Å². The number of anilines is 1. The number of ether oxygens (including phenoxy) is 1. The smallest absolute Gasteiger partial charge is 0.251 e. The van der Waals surface area contributed by atoms with Crippen molar-refractivity contribution in [2.45, 2.75) is 18.4 Å². The summed E-state index contributed by atoms with van der Waals surface area (Å²) in [5.74, 6) is 0.369. The minimum Gasteiger partial charge on any atom is -0.371 e. The van der Waals surface area contributed by atoms with Gasteiger partial charge in [0.15, 0.2) is 5.82 Å². The topological polar surface area (TPSA) is 80.2 Å². The van der Waals surface area contributed by atoms with Crippen LogP contribution in [0.1, 0.15) is 23.2 Å². The third kappa shape index (κ3) is 3.24. The lowest BCUT2D eigenvalue weighted by Gasteiger charge is -2.50. The highest BCUT2D eigenvalue weighted by molar-refractivity contribution is 5.93. The van der Waals surface area contributed by atoms with Gasteiger partial charge in [0.25, 0.3) is 5.91 Å². The minimum atomic E-state index is -0.441. The summed E-state index contributed by atoms with van der Waals surface area (Å²) in [4.78, 5) is 26.1. The third-order valence-electron chi connectivity index (χ3n) is 5.13. The Balaban J connectivity index is 1.29. The average Bonchev–Trinajstić information content (AvgIpc) is 3.06. The van der Waals surface area contributed by atoms with Gasteiger partial charge in [0, 0.05) is 31.1 Å². The molecule has 4 rings (SSSR count). The van der Waals surface area contributed by atoms with Crippen molar-refractivity contribution >= 4 is 11.9 Å². The van der Waals surface area contributed by atoms with Crippen molar-refractivity contribution < 1.29 is 13.9 Å². The van der Waals surface area contributed by atoms with Crippen LogP contribution in [0.2, 0.25) is 0 Å². The van der Waals surface area contributed by atoms with Crippen LogP contribution < -0.4 is 10.2 Å². The molecule has 1 unspecified atom stereocenters. The molecule has 2 saturated heterocycles. The summed E-state index contributed by atoms with van der Waals surface area (Å²) in [6.07, 6.45) is 7.40. The molecule has 0 aliphatic carbocycles. The Bertz CT molecular complexity index is 765. The molecule has 26 heavy (non-hydrogen) atoms. The van der Waals surface area contributed by atoms with E-state index in [0.717, 1.165) is 19.4 Å². The third-order valence-corrected chi connectivity index (χ3v) is 5.13. The van der Waals surface area contributed by atoms with Gasteiger partial charge in [-0.2, -0.15) is 0 Å². The second kappa shape index (κ2) is 6.95. The summed E-state index contributed by atoms with van der Waals surface area (Å²) in [6, 6.07) is 3.39. The van der Waals surface area contributed by atoms with E-state index >= 15 is 0 Å². The quantitative estimate of drug-likeness (QED) is 0.872. The van der Waals surface area contributed by atoms with Crippen LogP contribution in [0.15, 0.2) is 36.9 Å². The van der Waals surface area contributed by atoms with Crippen LogP contribution in [-0.2, 0) is 4.74 Å². The van der Waals surface area contributed by atoms with E-state index in [2.05, 4.69) is 20.3 Å². The van der Waals surface area contributed by atoms with Crippen molar-refractivity contribution in [1.82, 2.24) is 20.3 Å². The van der Waals surface area contributed by atoms with Crippen LogP contribution in [-0.4, -0.2) is 52.7 Å². The van der Waals surface area contributed by atoms with Crippen molar-refractivity contribution in [3.05, 3.63) is 48.3 Å². The number of nitrogens with zero attached hydrogens (tertiary/aromatic N) is 4. The van der Waals surface area contributed by atoms with Crippen LogP contribution in [0.4, 0.5) is 10.3 Å². The minimum absolute atomic E-state index is 0.0877. The Hall–Kier alpha value is -2.61. The molecule has 4 heterocycles. The predicted molar refractivity (Wildman–Crippen MR) is 92.2 cm³/mol. The van der Waals surface area contributed by atoms with Crippen LogP contribution in [0, 0.1) is 11.7 Å². The molecule has 1 spiro atoms. The zero-order chi connectivity index (χ0) is 18.0. The molecular weight excluding hydrogens is 337 g/mol. The van der Waals surface area contributed by atoms with Gasteiger partial charge in [-0.05, 0) is 30.9 Å². The molecule has 8 heteroatoms. The van der Waals surface area contributed by atoms with E-state index in [1.54, 1.807) is 24.5 Å². The zero-order valence-corrected chi connectivity index (χ0v) is 14.3. The number of carbonyl (C=O) groups is 1. The first-order valence-electron chi connectivity index (χ1n) is 8.71. The van der Waals surface area contributed by atoms with E-state index < -0.39 is 5.82 Å². The maximum absolute atomic E-state index is 12.9. The monoisotopic (exact) mass is 357 g/mol. The van der Waals surface area contributed by atoms with Crippen molar-refractivity contribution in [3.63, 3.8) is 0 Å². The second-order valence-electron chi connectivity index (χ2n) is 6.74.